The van der Waals surface area contributed by atoms with Crippen LogP contribution >= 0.6 is 46.2 Å². The molecule has 5 rings (SSSR count). The van der Waals surface area contributed by atoms with Gasteiger partial charge >= 0.3 is 5.97 Å². The Kier molecular flexibility index (Phi) is 7.35. The van der Waals surface area contributed by atoms with Gasteiger partial charge in [-0.2, -0.15) is 0 Å². The van der Waals surface area contributed by atoms with E-state index in [2.05, 4.69) is 15.5 Å². The molecule has 1 saturated heterocycles. The normalized spacial score (nSPS) is 19.3. The molecule has 4 heterocycles. The fourth-order valence-corrected chi connectivity index (χ4v) is 7.83. The highest BCUT2D eigenvalue weighted by atomic mass is 32.2. The highest BCUT2D eigenvalue weighted by Crippen LogP contribution is 2.41. The number of benzene rings is 1. The van der Waals surface area contributed by atoms with Gasteiger partial charge in [0, 0.05) is 27.3 Å². The Bertz CT molecular complexity index is 1680. The van der Waals surface area contributed by atoms with Crippen LogP contribution < -0.4 is 16.5 Å². The van der Waals surface area contributed by atoms with Crippen LogP contribution in [0.4, 0.5) is 5.13 Å². The average Bonchev–Trinajstić information content (AvgIpc) is 3.32. The highest BCUT2D eigenvalue weighted by molar-refractivity contribution is 8.04. The van der Waals surface area contributed by atoms with Gasteiger partial charge in [0.05, 0.1) is 4.21 Å². The molecule has 3 aromatic rings. The summed E-state index contributed by atoms with van der Waals surface area (Å²) < 4.78 is 1.26. The number of carboxylic acid groups (broad SMARTS) is 1. The van der Waals surface area contributed by atoms with E-state index >= 15 is 0 Å². The van der Waals surface area contributed by atoms with Crippen LogP contribution in [0.1, 0.15) is 5.69 Å². The van der Waals surface area contributed by atoms with Crippen LogP contribution in [-0.4, -0.2) is 66.0 Å². The van der Waals surface area contributed by atoms with Crippen molar-refractivity contribution in [2.75, 3.05) is 11.5 Å². The molecule has 12 nitrogen and oxygen atoms in total. The van der Waals surface area contributed by atoms with Gasteiger partial charge in [0.2, 0.25) is 0 Å². The van der Waals surface area contributed by atoms with Gasteiger partial charge < -0.3 is 26.5 Å². The van der Waals surface area contributed by atoms with Crippen LogP contribution in [-0.2, 0) is 14.4 Å². The number of anilines is 1. The SMILES string of the molecule is Nc1nc(C(=NO)C(=O)NC2C(=O)N3C(C(=O)O)=C(C=CSc4cc(=O)c5ccc(O)cc5s4)CS[C@H]23)cs1. The van der Waals surface area contributed by atoms with Crippen molar-refractivity contribution in [2.24, 2.45) is 5.16 Å². The number of carboxylic acids is 1. The van der Waals surface area contributed by atoms with Crippen molar-refractivity contribution in [2.45, 2.75) is 15.6 Å². The number of nitrogens with two attached hydrogens (primary N) is 1. The summed E-state index contributed by atoms with van der Waals surface area (Å²) in [5.74, 6) is -2.50. The summed E-state index contributed by atoms with van der Waals surface area (Å²) in [7, 11) is 0. The standard InChI is InChI=1S/C23H17N5O7S4/c24-23-25-12(8-38-23)16(27-35)19(31)26-17-20(32)28-18(22(33)34)9(7-37-21(17)28)3-4-36-15-6-13(30)11-2-1-10(29)5-14(11)39-15/h1-6,8,17,21,29,35H,7H2,(H2,24,25)(H,26,31)(H,33,34)/t17?,21-/m1/s1. The summed E-state index contributed by atoms with van der Waals surface area (Å²) in [5, 5.41) is 37.4. The van der Waals surface area contributed by atoms with Gasteiger partial charge in [0.15, 0.2) is 16.3 Å². The number of nitrogens with one attached hydrogen (secondary N) is 1. The number of oxime groups is 1. The van der Waals surface area contributed by atoms with Crippen LogP contribution in [0.25, 0.3) is 10.1 Å². The minimum absolute atomic E-state index is 0.0432. The number of allylic oxidation sites excluding steroid dienone is 1. The monoisotopic (exact) mass is 603 g/mol. The van der Waals surface area contributed by atoms with Crippen LogP contribution in [0.5, 0.6) is 5.75 Å². The van der Waals surface area contributed by atoms with Crippen LogP contribution in [0.3, 0.4) is 0 Å². The molecule has 0 spiro atoms. The van der Waals surface area contributed by atoms with E-state index in [0.29, 0.717) is 19.9 Å². The molecule has 1 aromatic carbocycles. The molecule has 200 valence electrons. The van der Waals surface area contributed by atoms with Crippen molar-refractivity contribution in [1.82, 2.24) is 15.2 Å². The smallest absolute Gasteiger partial charge is 0.352 e. The third-order valence-electron chi connectivity index (χ3n) is 5.71. The van der Waals surface area contributed by atoms with Crippen molar-refractivity contribution in [3.05, 3.63) is 68.3 Å². The Morgan fingerprint density at radius 2 is 2.08 bits per heavy atom. The van der Waals surface area contributed by atoms with Crippen LogP contribution in [0.15, 0.2) is 66.6 Å². The summed E-state index contributed by atoms with van der Waals surface area (Å²) in [4.78, 5) is 55.1. The topological polar surface area (TPSA) is 196 Å². The number of nitrogen functional groups attached to an aromatic ring is 1. The number of rotatable bonds is 7. The largest absolute Gasteiger partial charge is 0.508 e. The molecule has 2 aliphatic heterocycles. The molecule has 6 N–H and O–H groups in total. The fourth-order valence-electron chi connectivity index (χ4n) is 3.95. The third-order valence-corrected chi connectivity index (χ3v) is 9.72. The number of hydrogen-bond donors (Lipinski definition) is 5. The van der Waals surface area contributed by atoms with E-state index in [1.54, 1.807) is 17.6 Å². The minimum Gasteiger partial charge on any atom is -0.508 e. The van der Waals surface area contributed by atoms with E-state index < -0.39 is 34.9 Å². The first-order valence-corrected chi connectivity index (χ1v) is 14.6. The van der Waals surface area contributed by atoms with Crippen LogP contribution in [0, 0.1) is 0 Å². The lowest BCUT2D eigenvalue weighted by Crippen LogP contribution is -2.71. The van der Waals surface area contributed by atoms with Crippen molar-refractivity contribution < 1.29 is 29.8 Å². The lowest BCUT2D eigenvalue weighted by molar-refractivity contribution is -0.150. The molecule has 39 heavy (non-hydrogen) atoms. The van der Waals surface area contributed by atoms with Crippen molar-refractivity contribution in [3.63, 3.8) is 0 Å². The quantitative estimate of drug-likeness (QED) is 0.0873. The third kappa shape index (κ3) is 5.10. The predicted molar refractivity (Wildman–Crippen MR) is 149 cm³/mol. The van der Waals surface area contributed by atoms with E-state index in [1.165, 1.54) is 58.4 Å². The summed E-state index contributed by atoms with van der Waals surface area (Å²) in [6, 6.07) is 4.94. The Labute approximate surface area is 235 Å². The number of phenols is 1. The zero-order valence-corrected chi connectivity index (χ0v) is 22.7. The zero-order chi connectivity index (χ0) is 27.8. The van der Waals surface area contributed by atoms with E-state index in [0.717, 1.165) is 16.2 Å². The molecule has 2 amide bonds. The Balaban J connectivity index is 1.32. The van der Waals surface area contributed by atoms with E-state index in [9.17, 15) is 34.6 Å². The number of aliphatic carboxylic acids is 1. The van der Waals surface area contributed by atoms with Crippen molar-refractivity contribution in [3.8, 4) is 5.75 Å². The van der Waals surface area contributed by atoms with Gasteiger partial charge in [-0.05, 0) is 35.3 Å². The number of amides is 2. The lowest BCUT2D eigenvalue weighted by atomic mass is 10.0. The average molecular weight is 604 g/mol. The molecule has 2 aliphatic rings. The molecule has 2 aromatic heterocycles. The number of thiazole rings is 1. The number of nitrogens with zero attached hydrogens (tertiary/aromatic N) is 3. The van der Waals surface area contributed by atoms with Gasteiger partial charge in [-0.3, -0.25) is 19.3 Å². The number of fused-ring (bicyclic) bond motifs is 2. The van der Waals surface area contributed by atoms with E-state index in [1.807, 2.05) is 0 Å². The second-order valence-corrected chi connectivity index (χ2v) is 12.4. The summed E-state index contributed by atoms with van der Waals surface area (Å²) in [5.41, 5.74) is 5.17. The molecule has 1 unspecified atom stereocenters. The number of phenolic OH excluding ortho intramolecular Hbond substituents is 1. The van der Waals surface area contributed by atoms with Crippen molar-refractivity contribution in [1.29, 1.82) is 0 Å². The summed E-state index contributed by atoms with van der Waals surface area (Å²) in [6.07, 6.45) is 1.57. The van der Waals surface area contributed by atoms with Gasteiger partial charge in [0.25, 0.3) is 11.8 Å². The first-order valence-electron chi connectivity index (χ1n) is 10.9. The lowest BCUT2D eigenvalue weighted by Gasteiger charge is -2.49. The second kappa shape index (κ2) is 10.7. The number of aromatic nitrogens is 1. The zero-order valence-electron chi connectivity index (χ0n) is 19.4. The highest BCUT2D eigenvalue weighted by Gasteiger charge is 2.54. The Morgan fingerprint density at radius 1 is 1.28 bits per heavy atom. The number of aromatic hydroxyl groups is 1. The van der Waals surface area contributed by atoms with Gasteiger partial charge in [-0.25, -0.2) is 9.78 Å². The van der Waals surface area contributed by atoms with E-state index in [4.69, 9.17) is 5.73 Å². The molecular formula is C23H17N5O7S4. The molecule has 2 atom stereocenters. The van der Waals surface area contributed by atoms with Gasteiger partial charge in [0.1, 0.15) is 28.6 Å². The van der Waals surface area contributed by atoms with Crippen molar-refractivity contribution >= 4 is 84.9 Å². The molecule has 0 aliphatic carbocycles. The molecule has 0 saturated carbocycles. The number of hydrogen-bond acceptors (Lipinski definition) is 13. The van der Waals surface area contributed by atoms with Crippen LogP contribution in [0.2, 0.25) is 0 Å². The van der Waals surface area contributed by atoms with E-state index in [-0.39, 0.29) is 33.5 Å². The van der Waals surface area contributed by atoms with Gasteiger partial charge in [-0.15, -0.1) is 34.4 Å². The number of carbonyl (C=O) groups excluding carboxylic acids is 2. The molecule has 16 heteroatoms. The fraction of sp³-hybridized carbons (Fsp3) is 0.130. The first-order chi connectivity index (χ1) is 18.7. The number of carbonyl (C=O) groups is 3. The number of thioether (sulfide) groups is 2. The predicted octanol–water partition coefficient (Wildman–Crippen LogP) is 2.23. The molecule has 0 bridgehead atoms. The minimum atomic E-state index is -1.30. The maximum absolute atomic E-state index is 12.9. The first kappa shape index (κ1) is 26.7. The maximum Gasteiger partial charge on any atom is 0.352 e. The maximum atomic E-state index is 12.9. The van der Waals surface area contributed by atoms with Gasteiger partial charge in [-0.1, -0.05) is 16.9 Å². The number of β-lactam (4-membered cyclic amide) rings is 1. The summed E-state index contributed by atoms with van der Waals surface area (Å²) in [6.45, 7) is 0. The molecular weight excluding hydrogens is 587 g/mol. The second-order valence-electron chi connectivity index (χ2n) is 8.09. The molecule has 1 fully saturated rings. The Hall–Kier alpha value is -3.86. The Morgan fingerprint density at radius 3 is 2.77 bits per heavy atom. The molecule has 0 radical (unpaired) electrons. The summed E-state index contributed by atoms with van der Waals surface area (Å²) >= 11 is 4.82.